The summed E-state index contributed by atoms with van der Waals surface area (Å²) < 4.78 is 12.5. The first kappa shape index (κ1) is 11.2. The summed E-state index contributed by atoms with van der Waals surface area (Å²) in [6, 6.07) is 0. The second kappa shape index (κ2) is 5.15. The van der Waals surface area contributed by atoms with E-state index in [0.29, 0.717) is 10.8 Å². The van der Waals surface area contributed by atoms with Gasteiger partial charge in [0.15, 0.2) is 0 Å². The predicted molar refractivity (Wildman–Crippen MR) is 62.0 cm³/mol. The molecule has 0 fully saturated rings. The lowest BCUT2D eigenvalue weighted by Gasteiger charge is -2.08. The standard InChI is InChI=1S/C11H14FNS/c1-8(2)11-6-10(14-12)5-4-9(3)7-13-11/h5-7,9H,1,4H2,2-3H3/b10-5+,11-6?,13-7?. The van der Waals surface area contributed by atoms with E-state index in [0.717, 1.165) is 17.7 Å². The number of nitrogens with zero attached hydrogens (tertiary/aromatic N) is 1. The molecule has 1 atom stereocenters. The fourth-order valence-corrected chi connectivity index (χ4v) is 1.40. The molecule has 76 valence electrons. The Labute approximate surface area is 88.8 Å². The third-order valence-electron chi connectivity index (χ3n) is 1.96. The molecule has 0 N–H and O–H groups in total. The molecule has 0 bridgehead atoms. The summed E-state index contributed by atoms with van der Waals surface area (Å²) in [5, 5.41) is 0. The van der Waals surface area contributed by atoms with Gasteiger partial charge in [-0.25, -0.2) is 0 Å². The summed E-state index contributed by atoms with van der Waals surface area (Å²) in [6.07, 6.45) is 6.34. The van der Waals surface area contributed by atoms with E-state index < -0.39 is 0 Å². The Bertz CT molecular complexity index is 315. The van der Waals surface area contributed by atoms with E-state index in [1.165, 1.54) is 0 Å². The van der Waals surface area contributed by atoms with Gasteiger partial charge in [0.05, 0.1) is 17.8 Å². The fourth-order valence-electron chi connectivity index (χ4n) is 1.09. The molecule has 1 heterocycles. The molecule has 3 heteroatoms. The van der Waals surface area contributed by atoms with Crippen molar-refractivity contribution in [2.75, 3.05) is 0 Å². The molecule has 1 aliphatic heterocycles. The van der Waals surface area contributed by atoms with Gasteiger partial charge in [-0.05, 0) is 30.9 Å². The van der Waals surface area contributed by atoms with Crippen molar-refractivity contribution in [1.82, 2.24) is 0 Å². The lowest BCUT2D eigenvalue weighted by Crippen LogP contribution is -1.97. The van der Waals surface area contributed by atoms with Crippen molar-refractivity contribution in [1.29, 1.82) is 0 Å². The number of hydrogen-bond acceptors (Lipinski definition) is 2. The highest BCUT2D eigenvalue weighted by atomic mass is 32.2. The van der Waals surface area contributed by atoms with E-state index >= 15 is 0 Å². The van der Waals surface area contributed by atoms with E-state index in [4.69, 9.17) is 0 Å². The van der Waals surface area contributed by atoms with Crippen LogP contribution >= 0.6 is 12.1 Å². The van der Waals surface area contributed by atoms with Crippen LogP contribution in [-0.2, 0) is 0 Å². The molecule has 1 aliphatic rings. The maximum absolute atomic E-state index is 12.5. The topological polar surface area (TPSA) is 12.4 Å². The molecule has 1 nitrogen and oxygen atoms in total. The highest BCUT2D eigenvalue weighted by Gasteiger charge is 2.05. The van der Waals surface area contributed by atoms with Gasteiger partial charge in [0.1, 0.15) is 0 Å². The molecule has 0 spiro atoms. The normalized spacial score (nSPS) is 25.8. The van der Waals surface area contributed by atoms with Crippen molar-refractivity contribution in [3.8, 4) is 0 Å². The largest absolute Gasteiger partial charge is 0.261 e. The van der Waals surface area contributed by atoms with Crippen LogP contribution in [0.5, 0.6) is 0 Å². The summed E-state index contributed by atoms with van der Waals surface area (Å²) in [4.78, 5) is 4.89. The molecule has 0 aromatic carbocycles. The van der Waals surface area contributed by atoms with Crippen molar-refractivity contribution >= 4 is 18.4 Å². The molecule has 0 aromatic heterocycles. The van der Waals surface area contributed by atoms with Crippen LogP contribution < -0.4 is 0 Å². The fraction of sp³-hybridized carbons (Fsp3) is 0.364. The lowest BCUT2D eigenvalue weighted by atomic mass is 10.1. The molecule has 0 amide bonds. The second-order valence-corrected chi connectivity index (χ2v) is 4.11. The molecule has 0 aromatic rings. The highest BCUT2D eigenvalue weighted by molar-refractivity contribution is 7.98. The average Bonchev–Trinajstić information content (AvgIpc) is 2.12. The quantitative estimate of drug-likeness (QED) is 0.671. The van der Waals surface area contributed by atoms with Gasteiger partial charge in [0.25, 0.3) is 0 Å². The highest BCUT2D eigenvalue weighted by Crippen LogP contribution is 2.25. The van der Waals surface area contributed by atoms with Crippen LogP contribution in [0, 0.1) is 5.92 Å². The van der Waals surface area contributed by atoms with Crippen molar-refractivity contribution in [2.45, 2.75) is 20.3 Å². The number of rotatable bonds is 2. The first-order valence-electron chi connectivity index (χ1n) is 4.54. The molecular weight excluding hydrogens is 197 g/mol. The van der Waals surface area contributed by atoms with Gasteiger partial charge < -0.3 is 0 Å². The van der Waals surface area contributed by atoms with Crippen LogP contribution in [0.2, 0.25) is 0 Å². The van der Waals surface area contributed by atoms with Crippen LogP contribution in [-0.4, -0.2) is 6.21 Å². The zero-order valence-corrected chi connectivity index (χ0v) is 9.27. The molecule has 0 saturated heterocycles. The van der Waals surface area contributed by atoms with Crippen LogP contribution in [0.3, 0.4) is 0 Å². The summed E-state index contributed by atoms with van der Waals surface area (Å²) in [5.74, 6) is 0.347. The van der Waals surface area contributed by atoms with Crippen LogP contribution in [0.4, 0.5) is 3.89 Å². The minimum absolute atomic E-state index is 0.261. The van der Waals surface area contributed by atoms with E-state index in [2.05, 4.69) is 18.5 Å². The third kappa shape index (κ3) is 3.14. The van der Waals surface area contributed by atoms with E-state index in [9.17, 15) is 3.89 Å². The minimum atomic E-state index is 0.261. The van der Waals surface area contributed by atoms with Gasteiger partial charge in [0.2, 0.25) is 0 Å². The Morgan fingerprint density at radius 2 is 2.43 bits per heavy atom. The number of aliphatic imine (C=N–C) groups is 1. The van der Waals surface area contributed by atoms with Crippen molar-refractivity contribution in [3.63, 3.8) is 0 Å². The van der Waals surface area contributed by atoms with Crippen molar-refractivity contribution < 1.29 is 3.89 Å². The predicted octanol–water partition coefficient (Wildman–Crippen LogP) is 4.06. The smallest absolute Gasteiger partial charge is 0.0809 e. The second-order valence-electron chi connectivity index (χ2n) is 3.48. The minimum Gasteiger partial charge on any atom is -0.261 e. The van der Waals surface area contributed by atoms with Gasteiger partial charge >= 0.3 is 0 Å². The third-order valence-corrected chi connectivity index (χ3v) is 2.43. The van der Waals surface area contributed by atoms with Gasteiger partial charge in [-0.2, -0.15) is 3.89 Å². The van der Waals surface area contributed by atoms with Crippen molar-refractivity contribution in [3.05, 3.63) is 34.9 Å². The summed E-state index contributed by atoms with van der Waals surface area (Å²) in [6.45, 7) is 7.73. The Balaban J connectivity index is 3.00. The average molecular weight is 211 g/mol. The van der Waals surface area contributed by atoms with Crippen LogP contribution in [0.25, 0.3) is 0 Å². The summed E-state index contributed by atoms with van der Waals surface area (Å²) >= 11 is 0.261. The SMILES string of the molecule is C=C(C)C1=C/C(SF)=C\CC(C)C=N1. The molecule has 0 radical (unpaired) electrons. The molecule has 0 saturated carbocycles. The Kier molecular flexibility index (Phi) is 4.14. The van der Waals surface area contributed by atoms with E-state index in [1.54, 1.807) is 6.08 Å². The lowest BCUT2D eigenvalue weighted by molar-refractivity contribution is 0.803. The maximum atomic E-state index is 12.5. The van der Waals surface area contributed by atoms with Gasteiger partial charge in [-0.15, -0.1) is 0 Å². The molecule has 14 heavy (non-hydrogen) atoms. The Hall–Kier alpha value is -0.830. The molecule has 1 unspecified atom stereocenters. The van der Waals surface area contributed by atoms with E-state index in [-0.39, 0.29) is 12.1 Å². The Morgan fingerprint density at radius 3 is 3.00 bits per heavy atom. The number of allylic oxidation sites excluding steroid dienone is 3. The summed E-state index contributed by atoms with van der Waals surface area (Å²) in [7, 11) is 0. The zero-order chi connectivity index (χ0) is 10.6. The maximum Gasteiger partial charge on any atom is 0.0809 e. The summed E-state index contributed by atoms with van der Waals surface area (Å²) in [5.41, 5.74) is 1.61. The first-order chi connectivity index (χ1) is 6.63. The molecular formula is C11H14FNS. The zero-order valence-electron chi connectivity index (χ0n) is 8.46. The molecule has 1 rings (SSSR count). The van der Waals surface area contributed by atoms with E-state index in [1.807, 2.05) is 19.2 Å². The Morgan fingerprint density at radius 1 is 1.71 bits per heavy atom. The number of hydrogen-bond donors (Lipinski definition) is 0. The van der Waals surface area contributed by atoms with Gasteiger partial charge in [-0.3, -0.25) is 4.99 Å². The molecule has 0 aliphatic carbocycles. The van der Waals surface area contributed by atoms with Crippen LogP contribution in [0.15, 0.2) is 39.9 Å². The van der Waals surface area contributed by atoms with Crippen LogP contribution in [0.1, 0.15) is 20.3 Å². The van der Waals surface area contributed by atoms with Gasteiger partial charge in [0, 0.05) is 11.1 Å². The monoisotopic (exact) mass is 211 g/mol. The number of halogens is 1. The van der Waals surface area contributed by atoms with Crippen molar-refractivity contribution in [2.24, 2.45) is 10.9 Å². The van der Waals surface area contributed by atoms with Gasteiger partial charge in [-0.1, -0.05) is 19.6 Å². The first-order valence-corrected chi connectivity index (χ1v) is 5.25.